The Labute approximate surface area is 116 Å². The van der Waals surface area contributed by atoms with E-state index in [4.69, 9.17) is 4.74 Å². The average Bonchev–Trinajstić information content (AvgIpc) is 2.78. The summed E-state index contributed by atoms with van der Waals surface area (Å²) in [5, 5.41) is 3.32. The highest BCUT2D eigenvalue weighted by Crippen LogP contribution is 2.19. The van der Waals surface area contributed by atoms with Gasteiger partial charge in [0.05, 0.1) is 19.1 Å². The van der Waals surface area contributed by atoms with Crippen LogP contribution in [-0.4, -0.2) is 31.6 Å². The lowest BCUT2D eigenvalue weighted by atomic mass is 9.94. The average molecular weight is 312 g/mol. The first kappa shape index (κ1) is 13.7. The third kappa shape index (κ3) is 3.40. The molecule has 1 aliphatic rings. The number of ether oxygens (including phenoxy) is 1. The van der Waals surface area contributed by atoms with Gasteiger partial charge in [0.2, 0.25) is 0 Å². The molecule has 1 saturated heterocycles. The summed E-state index contributed by atoms with van der Waals surface area (Å²) in [4.78, 5) is 12.3. The van der Waals surface area contributed by atoms with Gasteiger partial charge < -0.3 is 10.1 Å². The zero-order valence-corrected chi connectivity index (χ0v) is 12.1. The predicted molar refractivity (Wildman–Crippen MR) is 74.6 cm³/mol. The summed E-state index contributed by atoms with van der Waals surface area (Å²) in [5.74, 6) is 0.250. The van der Waals surface area contributed by atoms with E-state index in [9.17, 15) is 4.79 Å². The van der Waals surface area contributed by atoms with E-state index in [1.54, 1.807) is 0 Å². The molecule has 3 nitrogen and oxygen atoms in total. The smallest absolute Gasteiger partial charge is 0.144 e. The third-order valence-corrected chi connectivity index (χ3v) is 3.72. The summed E-state index contributed by atoms with van der Waals surface area (Å²) in [6.07, 6.45) is 0.482. The van der Waals surface area contributed by atoms with E-state index in [1.807, 2.05) is 31.2 Å². The van der Waals surface area contributed by atoms with Crippen molar-refractivity contribution >= 4 is 21.7 Å². The first-order valence-electron chi connectivity index (χ1n) is 6.29. The number of nitrogens with one attached hydrogen (secondary N) is 1. The first-order chi connectivity index (χ1) is 8.70. The number of carbonyl (C=O) groups is 1. The molecule has 18 heavy (non-hydrogen) atoms. The standard InChI is InChI=1S/C14H18BrNO2/c1-2-16-13-9-18-8-12(13)14(17)7-10-4-3-5-11(15)6-10/h3-6,12-13,16H,2,7-9H2,1H3. The quantitative estimate of drug-likeness (QED) is 0.906. The van der Waals surface area contributed by atoms with Gasteiger partial charge in [0, 0.05) is 16.9 Å². The molecule has 1 fully saturated rings. The minimum absolute atomic E-state index is 0.0102. The van der Waals surface area contributed by atoms with Gasteiger partial charge in [0.15, 0.2) is 0 Å². The predicted octanol–water partition coefficient (Wildman–Crippen LogP) is 2.19. The molecule has 2 unspecified atom stereocenters. The van der Waals surface area contributed by atoms with Crippen LogP contribution < -0.4 is 5.32 Å². The Balaban J connectivity index is 1.99. The Morgan fingerprint density at radius 2 is 2.33 bits per heavy atom. The molecule has 2 atom stereocenters. The molecule has 0 amide bonds. The summed E-state index contributed by atoms with van der Waals surface area (Å²) in [6, 6.07) is 8.08. The third-order valence-electron chi connectivity index (χ3n) is 3.23. The molecular weight excluding hydrogens is 294 g/mol. The summed E-state index contributed by atoms with van der Waals surface area (Å²) in [7, 11) is 0. The van der Waals surface area contributed by atoms with Gasteiger partial charge in [-0.15, -0.1) is 0 Å². The highest BCUT2D eigenvalue weighted by molar-refractivity contribution is 9.10. The van der Waals surface area contributed by atoms with Crippen LogP contribution in [0.4, 0.5) is 0 Å². The molecule has 1 aromatic rings. The number of likely N-dealkylation sites (N-methyl/N-ethyl adjacent to an activating group) is 1. The SMILES string of the molecule is CCNC1COCC1C(=O)Cc1cccc(Br)c1. The van der Waals surface area contributed by atoms with Crippen LogP contribution in [0.1, 0.15) is 12.5 Å². The van der Waals surface area contributed by atoms with Crippen LogP contribution in [0.25, 0.3) is 0 Å². The number of Topliss-reactive ketones (excluding diaryl/α,β-unsaturated/α-hetero) is 1. The second-order valence-electron chi connectivity index (χ2n) is 4.58. The number of hydrogen-bond donors (Lipinski definition) is 1. The number of halogens is 1. The van der Waals surface area contributed by atoms with Crippen molar-refractivity contribution in [2.75, 3.05) is 19.8 Å². The van der Waals surface area contributed by atoms with Gasteiger partial charge in [0.25, 0.3) is 0 Å². The van der Waals surface area contributed by atoms with Crippen LogP contribution in [0.15, 0.2) is 28.7 Å². The van der Waals surface area contributed by atoms with Crippen molar-refractivity contribution in [1.82, 2.24) is 5.32 Å². The van der Waals surface area contributed by atoms with Crippen molar-refractivity contribution in [3.63, 3.8) is 0 Å². The summed E-state index contributed by atoms with van der Waals surface area (Å²) in [6.45, 7) is 4.11. The Kier molecular flexibility index (Phi) is 4.92. The maximum atomic E-state index is 12.3. The molecule has 1 aromatic carbocycles. The molecule has 0 bridgehead atoms. The summed E-state index contributed by atoms with van der Waals surface area (Å²) in [5.41, 5.74) is 1.05. The number of rotatable bonds is 5. The number of ketones is 1. The fourth-order valence-corrected chi connectivity index (χ4v) is 2.76. The van der Waals surface area contributed by atoms with Gasteiger partial charge in [-0.2, -0.15) is 0 Å². The minimum Gasteiger partial charge on any atom is -0.379 e. The number of hydrogen-bond acceptors (Lipinski definition) is 3. The van der Waals surface area contributed by atoms with E-state index < -0.39 is 0 Å². The second kappa shape index (κ2) is 6.45. The van der Waals surface area contributed by atoms with Crippen molar-refractivity contribution in [2.45, 2.75) is 19.4 Å². The summed E-state index contributed by atoms with van der Waals surface area (Å²) >= 11 is 3.42. The monoisotopic (exact) mass is 311 g/mol. The van der Waals surface area contributed by atoms with Gasteiger partial charge in [-0.3, -0.25) is 4.79 Å². The Hall–Kier alpha value is -0.710. The molecule has 0 saturated carbocycles. The van der Waals surface area contributed by atoms with Crippen molar-refractivity contribution < 1.29 is 9.53 Å². The fourth-order valence-electron chi connectivity index (χ4n) is 2.31. The van der Waals surface area contributed by atoms with Crippen molar-refractivity contribution in [3.8, 4) is 0 Å². The van der Waals surface area contributed by atoms with Crippen molar-refractivity contribution in [1.29, 1.82) is 0 Å². The molecule has 4 heteroatoms. The molecule has 1 heterocycles. The zero-order valence-electron chi connectivity index (χ0n) is 10.5. The van der Waals surface area contributed by atoms with Gasteiger partial charge in [0.1, 0.15) is 5.78 Å². The Morgan fingerprint density at radius 3 is 3.06 bits per heavy atom. The van der Waals surface area contributed by atoms with Gasteiger partial charge in [-0.05, 0) is 24.2 Å². The molecule has 0 radical (unpaired) electrons. The molecule has 2 rings (SSSR count). The van der Waals surface area contributed by atoms with Crippen LogP contribution in [0.3, 0.4) is 0 Å². The lowest BCUT2D eigenvalue weighted by molar-refractivity contribution is -0.122. The van der Waals surface area contributed by atoms with E-state index in [-0.39, 0.29) is 17.7 Å². The lowest BCUT2D eigenvalue weighted by Crippen LogP contribution is -2.39. The number of carbonyl (C=O) groups excluding carboxylic acids is 1. The molecule has 0 aliphatic carbocycles. The van der Waals surface area contributed by atoms with E-state index >= 15 is 0 Å². The first-order valence-corrected chi connectivity index (χ1v) is 7.08. The normalized spacial score (nSPS) is 23.2. The Morgan fingerprint density at radius 1 is 1.50 bits per heavy atom. The number of benzene rings is 1. The Bertz CT molecular complexity index is 422. The zero-order chi connectivity index (χ0) is 13.0. The lowest BCUT2D eigenvalue weighted by Gasteiger charge is -2.17. The van der Waals surface area contributed by atoms with Crippen LogP contribution in [0.2, 0.25) is 0 Å². The van der Waals surface area contributed by atoms with E-state index in [1.165, 1.54) is 0 Å². The van der Waals surface area contributed by atoms with Gasteiger partial charge in [-0.25, -0.2) is 0 Å². The van der Waals surface area contributed by atoms with Gasteiger partial charge in [-0.1, -0.05) is 35.0 Å². The van der Waals surface area contributed by atoms with Crippen molar-refractivity contribution in [2.24, 2.45) is 5.92 Å². The van der Waals surface area contributed by atoms with Crippen LogP contribution in [-0.2, 0) is 16.0 Å². The van der Waals surface area contributed by atoms with Crippen LogP contribution in [0, 0.1) is 5.92 Å². The van der Waals surface area contributed by atoms with E-state index in [2.05, 4.69) is 21.2 Å². The maximum Gasteiger partial charge on any atom is 0.144 e. The largest absolute Gasteiger partial charge is 0.379 e. The highest BCUT2D eigenvalue weighted by Gasteiger charge is 2.32. The maximum absolute atomic E-state index is 12.3. The highest BCUT2D eigenvalue weighted by atomic mass is 79.9. The second-order valence-corrected chi connectivity index (χ2v) is 5.50. The molecular formula is C14H18BrNO2. The van der Waals surface area contributed by atoms with Crippen LogP contribution in [0.5, 0.6) is 0 Å². The topological polar surface area (TPSA) is 38.3 Å². The summed E-state index contributed by atoms with van der Waals surface area (Å²) < 4.78 is 6.42. The molecule has 98 valence electrons. The van der Waals surface area contributed by atoms with E-state index in [0.29, 0.717) is 19.6 Å². The molecule has 1 aliphatic heterocycles. The fraction of sp³-hybridized carbons (Fsp3) is 0.500. The molecule has 0 aromatic heterocycles. The van der Waals surface area contributed by atoms with E-state index in [0.717, 1.165) is 16.6 Å². The van der Waals surface area contributed by atoms with Gasteiger partial charge >= 0.3 is 0 Å². The van der Waals surface area contributed by atoms with Crippen LogP contribution >= 0.6 is 15.9 Å². The minimum atomic E-state index is -0.0102. The molecule has 1 N–H and O–H groups in total. The van der Waals surface area contributed by atoms with Crippen molar-refractivity contribution in [3.05, 3.63) is 34.3 Å². The molecule has 0 spiro atoms.